The summed E-state index contributed by atoms with van der Waals surface area (Å²) in [4.78, 5) is 27.1. The van der Waals surface area contributed by atoms with Crippen molar-refractivity contribution in [3.63, 3.8) is 0 Å². The SMILES string of the molecule is Cc1ccc(C(=O)N2CCC(CN)CC2)cc1NC(=O)c1ccccc1. The van der Waals surface area contributed by atoms with Crippen LogP contribution in [0, 0.1) is 12.8 Å². The Morgan fingerprint density at radius 1 is 1.08 bits per heavy atom. The lowest BCUT2D eigenvalue weighted by molar-refractivity contribution is 0.0693. The van der Waals surface area contributed by atoms with Crippen LogP contribution in [0.1, 0.15) is 39.1 Å². The van der Waals surface area contributed by atoms with E-state index in [4.69, 9.17) is 5.73 Å². The molecule has 3 rings (SSSR count). The average Bonchev–Trinajstić information content (AvgIpc) is 2.70. The van der Waals surface area contributed by atoms with E-state index in [-0.39, 0.29) is 11.8 Å². The molecular weight excluding hydrogens is 326 g/mol. The first-order valence-corrected chi connectivity index (χ1v) is 9.05. The number of nitrogens with one attached hydrogen (secondary N) is 1. The minimum atomic E-state index is -0.179. The van der Waals surface area contributed by atoms with Crippen molar-refractivity contribution in [2.45, 2.75) is 19.8 Å². The van der Waals surface area contributed by atoms with E-state index in [0.717, 1.165) is 31.5 Å². The van der Waals surface area contributed by atoms with Gasteiger partial charge in [0.2, 0.25) is 0 Å². The quantitative estimate of drug-likeness (QED) is 0.889. The van der Waals surface area contributed by atoms with Crippen LogP contribution >= 0.6 is 0 Å². The van der Waals surface area contributed by atoms with Gasteiger partial charge in [-0.3, -0.25) is 9.59 Å². The van der Waals surface area contributed by atoms with Crippen molar-refractivity contribution in [2.24, 2.45) is 11.7 Å². The molecule has 0 radical (unpaired) electrons. The van der Waals surface area contributed by atoms with Gasteiger partial charge < -0.3 is 16.0 Å². The third-order valence-corrected chi connectivity index (χ3v) is 5.00. The smallest absolute Gasteiger partial charge is 0.255 e. The summed E-state index contributed by atoms with van der Waals surface area (Å²) in [6.45, 7) is 4.07. The number of anilines is 1. The van der Waals surface area contributed by atoms with Crippen LogP contribution in [0.4, 0.5) is 5.69 Å². The van der Waals surface area contributed by atoms with E-state index in [0.29, 0.717) is 29.3 Å². The summed E-state index contributed by atoms with van der Waals surface area (Å²) in [5, 5.41) is 2.91. The summed E-state index contributed by atoms with van der Waals surface area (Å²) in [5.74, 6) is 0.343. The van der Waals surface area contributed by atoms with Crippen LogP contribution in [0.2, 0.25) is 0 Å². The molecule has 1 heterocycles. The van der Waals surface area contributed by atoms with Crippen molar-refractivity contribution in [1.29, 1.82) is 0 Å². The molecule has 1 fully saturated rings. The maximum Gasteiger partial charge on any atom is 0.255 e. The van der Waals surface area contributed by atoms with E-state index >= 15 is 0 Å². The highest BCUT2D eigenvalue weighted by Crippen LogP contribution is 2.22. The zero-order valence-corrected chi connectivity index (χ0v) is 15.1. The molecule has 2 aromatic rings. The maximum absolute atomic E-state index is 12.8. The molecule has 0 spiro atoms. The summed E-state index contributed by atoms with van der Waals surface area (Å²) >= 11 is 0. The summed E-state index contributed by atoms with van der Waals surface area (Å²) < 4.78 is 0. The number of amides is 2. The first kappa shape index (κ1) is 18.1. The molecule has 2 aromatic carbocycles. The lowest BCUT2D eigenvalue weighted by atomic mass is 9.96. The van der Waals surface area contributed by atoms with Gasteiger partial charge in [-0.2, -0.15) is 0 Å². The van der Waals surface area contributed by atoms with Crippen molar-refractivity contribution in [3.8, 4) is 0 Å². The first-order valence-electron chi connectivity index (χ1n) is 9.05. The zero-order chi connectivity index (χ0) is 18.5. The molecule has 1 saturated heterocycles. The Morgan fingerprint density at radius 3 is 2.42 bits per heavy atom. The topological polar surface area (TPSA) is 75.4 Å². The third-order valence-electron chi connectivity index (χ3n) is 5.00. The lowest BCUT2D eigenvalue weighted by Crippen LogP contribution is -2.40. The molecule has 0 bridgehead atoms. The molecule has 26 heavy (non-hydrogen) atoms. The van der Waals surface area contributed by atoms with Crippen molar-refractivity contribution in [2.75, 3.05) is 25.0 Å². The van der Waals surface area contributed by atoms with Gasteiger partial charge in [0.1, 0.15) is 0 Å². The third kappa shape index (κ3) is 4.11. The number of carbonyl (C=O) groups excluding carboxylic acids is 2. The molecule has 3 N–H and O–H groups in total. The standard InChI is InChI=1S/C21H25N3O2/c1-15-7-8-18(21(26)24-11-9-16(14-22)10-12-24)13-19(15)23-20(25)17-5-3-2-4-6-17/h2-8,13,16H,9-12,14,22H2,1H3,(H,23,25). The van der Waals surface area contributed by atoms with Crippen LogP contribution in [0.3, 0.4) is 0 Å². The van der Waals surface area contributed by atoms with E-state index in [9.17, 15) is 9.59 Å². The Labute approximate surface area is 154 Å². The largest absolute Gasteiger partial charge is 0.339 e. The van der Waals surface area contributed by atoms with Gasteiger partial charge in [-0.25, -0.2) is 0 Å². The monoisotopic (exact) mass is 351 g/mol. The fourth-order valence-electron chi connectivity index (χ4n) is 3.23. The Bertz CT molecular complexity index is 781. The Hall–Kier alpha value is -2.66. The minimum Gasteiger partial charge on any atom is -0.339 e. The number of hydrogen-bond acceptors (Lipinski definition) is 3. The Balaban J connectivity index is 1.73. The summed E-state index contributed by atoms with van der Waals surface area (Å²) in [6, 6.07) is 14.5. The van der Waals surface area contributed by atoms with E-state index in [1.54, 1.807) is 18.2 Å². The molecular formula is C21H25N3O2. The number of benzene rings is 2. The van der Waals surface area contributed by atoms with Crippen LogP contribution in [0.15, 0.2) is 48.5 Å². The van der Waals surface area contributed by atoms with Crippen LogP contribution < -0.4 is 11.1 Å². The number of likely N-dealkylation sites (tertiary alicyclic amines) is 1. The molecule has 136 valence electrons. The highest BCUT2D eigenvalue weighted by molar-refractivity contribution is 6.05. The van der Waals surface area contributed by atoms with Gasteiger partial charge in [0, 0.05) is 29.9 Å². The van der Waals surface area contributed by atoms with Crippen LogP contribution in [0.5, 0.6) is 0 Å². The van der Waals surface area contributed by atoms with Crippen molar-refractivity contribution in [1.82, 2.24) is 4.90 Å². The fourth-order valence-corrected chi connectivity index (χ4v) is 3.23. The van der Waals surface area contributed by atoms with Crippen LogP contribution in [-0.2, 0) is 0 Å². The number of hydrogen-bond donors (Lipinski definition) is 2. The highest BCUT2D eigenvalue weighted by atomic mass is 16.2. The van der Waals surface area contributed by atoms with Crippen molar-refractivity contribution < 1.29 is 9.59 Å². The summed E-state index contributed by atoms with van der Waals surface area (Å²) in [7, 11) is 0. The highest BCUT2D eigenvalue weighted by Gasteiger charge is 2.23. The van der Waals surface area contributed by atoms with E-state index < -0.39 is 0 Å². The predicted octanol–water partition coefficient (Wildman–Crippen LogP) is 3.06. The van der Waals surface area contributed by atoms with E-state index in [1.165, 1.54) is 0 Å². The summed E-state index contributed by atoms with van der Waals surface area (Å²) in [6.07, 6.45) is 1.90. The fraction of sp³-hybridized carbons (Fsp3) is 0.333. The molecule has 2 amide bonds. The number of aryl methyl sites for hydroxylation is 1. The van der Waals surface area contributed by atoms with Crippen LogP contribution in [-0.4, -0.2) is 36.3 Å². The number of nitrogens with zero attached hydrogens (tertiary/aromatic N) is 1. The second-order valence-corrected chi connectivity index (χ2v) is 6.82. The zero-order valence-electron chi connectivity index (χ0n) is 15.1. The molecule has 0 saturated carbocycles. The van der Waals surface area contributed by atoms with Gasteiger partial charge in [0.05, 0.1) is 0 Å². The van der Waals surface area contributed by atoms with Gasteiger partial charge in [0.15, 0.2) is 0 Å². The van der Waals surface area contributed by atoms with Gasteiger partial charge in [0.25, 0.3) is 11.8 Å². The molecule has 0 atom stereocenters. The summed E-state index contributed by atoms with van der Waals surface area (Å²) in [5.41, 5.74) is 8.51. The molecule has 5 nitrogen and oxygen atoms in total. The number of rotatable bonds is 4. The predicted molar refractivity (Wildman–Crippen MR) is 103 cm³/mol. The number of carbonyl (C=O) groups is 2. The first-order chi connectivity index (χ1) is 12.6. The average molecular weight is 351 g/mol. The van der Waals surface area contributed by atoms with Gasteiger partial charge in [-0.1, -0.05) is 24.3 Å². The van der Waals surface area contributed by atoms with Gasteiger partial charge >= 0.3 is 0 Å². The molecule has 5 heteroatoms. The lowest BCUT2D eigenvalue weighted by Gasteiger charge is -2.31. The molecule has 0 unspecified atom stereocenters. The normalized spacial score (nSPS) is 14.9. The van der Waals surface area contributed by atoms with Crippen molar-refractivity contribution in [3.05, 3.63) is 65.2 Å². The van der Waals surface area contributed by atoms with Crippen LogP contribution in [0.25, 0.3) is 0 Å². The Kier molecular flexibility index (Phi) is 5.68. The van der Waals surface area contributed by atoms with Gasteiger partial charge in [-0.05, 0) is 62.1 Å². The minimum absolute atomic E-state index is 0.00989. The van der Waals surface area contributed by atoms with Gasteiger partial charge in [-0.15, -0.1) is 0 Å². The molecule has 1 aliphatic rings. The Morgan fingerprint density at radius 2 is 1.77 bits per heavy atom. The maximum atomic E-state index is 12.8. The molecule has 1 aliphatic heterocycles. The molecule has 0 aliphatic carbocycles. The van der Waals surface area contributed by atoms with Crippen molar-refractivity contribution >= 4 is 17.5 Å². The molecule has 0 aromatic heterocycles. The number of piperidine rings is 1. The van der Waals surface area contributed by atoms with E-state index in [2.05, 4.69) is 5.32 Å². The van der Waals surface area contributed by atoms with E-state index in [1.807, 2.05) is 42.2 Å². The number of nitrogens with two attached hydrogens (primary N) is 1. The second-order valence-electron chi connectivity index (χ2n) is 6.82. The second kappa shape index (κ2) is 8.15.